The van der Waals surface area contributed by atoms with E-state index in [2.05, 4.69) is 17.2 Å². The molecular formula is C16H12ClNO2. The highest BCUT2D eigenvalue weighted by Crippen LogP contribution is 2.12. The van der Waals surface area contributed by atoms with Gasteiger partial charge in [-0.2, -0.15) is 0 Å². The molecule has 2 aromatic rings. The second-order valence-electron chi connectivity index (χ2n) is 3.85. The summed E-state index contributed by atoms with van der Waals surface area (Å²) in [6, 6.07) is 10.8. The van der Waals surface area contributed by atoms with E-state index in [-0.39, 0.29) is 12.5 Å². The molecule has 100 valence electrons. The van der Waals surface area contributed by atoms with Crippen LogP contribution in [0.4, 0.5) is 0 Å². The van der Waals surface area contributed by atoms with E-state index < -0.39 is 0 Å². The van der Waals surface area contributed by atoms with Crippen LogP contribution in [0, 0.1) is 11.8 Å². The second-order valence-corrected chi connectivity index (χ2v) is 4.26. The van der Waals surface area contributed by atoms with E-state index >= 15 is 0 Å². The number of amides is 1. The maximum absolute atomic E-state index is 11.5. The Morgan fingerprint density at radius 1 is 1.30 bits per heavy atom. The molecule has 1 aromatic carbocycles. The topological polar surface area (TPSA) is 42.2 Å². The molecule has 0 aliphatic heterocycles. The van der Waals surface area contributed by atoms with E-state index in [0.717, 1.165) is 5.56 Å². The van der Waals surface area contributed by atoms with Gasteiger partial charge in [0.25, 0.3) is 0 Å². The highest BCUT2D eigenvalue weighted by molar-refractivity contribution is 6.31. The highest BCUT2D eigenvalue weighted by atomic mass is 35.5. The van der Waals surface area contributed by atoms with Crippen LogP contribution in [0.1, 0.15) is 11.3 Å². The third kappa shape index (κ3) is 4.34. The summed E-state index contributed by atoms with van der Waals surface area (Å²) in [5.41, 5.74) is 0.745. The molecular weight excluding hydrogens is 274 g/mol. The van der Waals surface area contributed by atoms with E-state index in [0.29, 0.717) is 10.8 Å². The van der Waals surface area contributed by atoms with Crippen molar-refractivity contribution < 1.29 is 9.21 Å². The first-order chi connectivity index (χ1) is 9.75. The maximum Gasteiger partial charge on any atom is 0.244 e. The average Bonchev–Trinajstić information content (AvgIpc) is 2.96. The van der Waals surface area contributed by atoms with Crippen molar-refractivity contribution in [3.8, 4) is 11.8 Å². The summed E-state index contributed by atoms with van der Waals surface area (Å²) >= 11 is 5.96. The monoisotopic (exact) mass is 285 g/mol. The summed E-state index contributed by atoms with van der Waals surface area (Å²) in [5, 5.41) is 3.25. The van der Waals surface area contributed by atoms with Gasteiger partial charge in [-0.05, 0) is 30.3 Å². The molecule has 0 saturated heterocycles. The van der Waals surface area contributed by atoms with Crippen LogP contribution in [0.5, 0.6) is 0 Å². The van der Waals surface area contributed by atoms with Gasteiger partial charge in [0, 0.05) is 11.6 Å². The van der Waals surface area contributed by atoms with Gasteiger partial charge in [0.2, 0.25) is 5.91 Å². The van der Waals surface area contributed by atoms with Crippen molar-refractivity contribution >= 4 is 23.6 Å². The quantitative estimate of drug-likeness (QED) is 0.695. The minimum absolute atomic E-state index is 0.227. The standard InChI is InChI=1S/C16H12ClNO2/c17-15-8-2-1-5-13(15)6-3-11-18-16(19)10-9-14-7-4-12-20-14/h1-2,4-5,7-10,12H,11H2,(H,18,19)/b10-9+. The molecule has 2 rings (SSSR count). The lowest BCUT2D eigenvalue weighted by Crippen LogP contribution is -2.20. The third-order valence-corrected chi connectivity index (χ3v) is 2.72. The maximum atomic E-state index is 11.5. The van der Waals surface area contributed by atoms with Gasteiger partial charge < -0.3 is 9.73 Å². The lowest BCUT2D eigenvalue weighted by Gasteiger charge is -1.95. The summed E-state index contributed by atoms with van der Waals surface area (Å²) in [4.78, 5) is 11.5. The Morgan fingerprint density at radius 3 is 2.90 bits per heavy atom. The van der Waals surface area contributed by atoms with Crippen LogP contribution in [0.25, 0.3) is 6.08 Å². The Kier molecular flexibility index (Phi) is 5.05. The lowest BCUT2D eigenvalue weighted by atomic mass is 10.2. The van der Waals surface area contributed by atoms with Gasteiger partial charge in [0.1, 0.15) is 5.76 Å². The Balaban J connectivity index is 1.82. The van der Waals surface area contributed by atoms with Crippen molar-refractivity contribution in [1.29, 1.82) is 0 Å². The van der Waals surface area contributed by atoms with E-state index in [1.807, 2.05) is 18.2 Å². The zero-order valence-corrected chi connectivity index (χ0v) is 11.4. The van der Waals surface area contributed by atoms with E-state index in [9.17, 15) is 4.79 Å². The van der Waals surface area contributed by atoms with Crippen molar-refractivity contribution in [2.45, 2.75) is 0 Å². The van der Waals surface area contributed by atoms with E-state index in [1.54, 1.807) is 30.5 Å². The smallest absolute Gasteiger partial charge is 0.244 e. The average molecular weight is 286 g/mol. The summed E-state index contributed by atoms with van der Waals surface area (Å²) < 4.78 is 5.07. The first kappa shape index (κ1) is 14.0. The Bertz CT molecular complexity index is 663. The number of benzene rings is 1. The lowest BCUT2D eigenvalue weighted by molar-refractivity contribution is -0.116. The molecule has 0 spiro atoms. The normalized spacial score (nSPS) is 10.1. The number of furan rings is 1. The molecule has 1 aromatic heterocycles. The van der Waals surface area contributed by atoms with E-state index in [4.69, 9.17) is 16.0 Å². The van der Waals surface area contributed by atoms with Crippen molar-refractivity contribution in [3.05, 3.63) is 65.1 Å². The van der Waals surface area contributed by atoms with E-state index in [1.165, 1.54) is 6.08 Å². The first-order valence-electron chi connectivity index (χ1n) is 5.98. The van der Waals surface area contributed by atoms with Gasteiger partial charge in [-0.1, -0.05) is 35.6 Å². The molecule has 0 atom stereocenters. The highest BCUT2D eigenvalue weighted by Gasteiger charge is 1.95. The van der Waals surface area contributed by atoms with Crippen LogP contribution in [0.2, 0.25) is 5.02 Å². The summed E-state index contributed by atoms with van der Waals surface area (Å²) in [5.74, 6) is 6.14. The zero-order valence-electron chi connectivity index (χ0n) is 10.6. The predicted molar refractivity (Wildman–Crippen MR) is 79.1 cm³/mol. The van der Waals surface area contributed by atoms with Gasteiger partial charge in [0.15, 0.2) is 0 Å². The Morgan fingerprint density at radius 2 is 2.15 bits per heavy atom. The fourth-order valence-corrected chi connectivity index (χ4v) is 1.62. The second kappa shape index (κ2) is 7.22. The molecule has 0 unspecified atom stereocenters. The molecule has 0 fully saturated rings. The molecule has 4 heteroatoms. The number of hydrogen-bond donors (Lipinski definition) is 1. The van der Waals surface area contributed by atoms with Crippen molar-refractivity contribution in [2.24, 2.45) is 0 Å². The van der Waals surface area contributed by atoms with Crippen LogP contribution in [0.15, 0.2) is 53.2 Å². The Hall–Kier alpha value is -2.44. The Labute approximate surface area is 122 Å². The van der Waals surface area contributed by atoms with Crippen molar-refractivity contribution in [1.82, 2.24) is 5.32 Å². The molecule has 0 aliphatic rings. The molecule has 0 saturated carbocycles. The first-order valence-corrected chi connectivity index (χ1v) is 6.36. The van der Waals surface area contributed by atoms with Crippen LogP contribution >= 0.6 is 11.6 Å². The number of carbonyl (C=O) groups excluding carboxylic acids is 1. The van der Waals surface area contributed by atoms with Gasteiger partial charge in [0.05, 0.1) is 17.8 Å². The SMILES string of the molecule is O=C(/C=C/c1ccco1)NCC#Cc1ccccc1Cl. The van der Waals surface area contributed by atoms with Gasteiger partial charge in [-0.3, -0.25) is 4.79 Å². The number of carbonyl (C=O) groups is 1. The fraction of sp³-hybridized carbons (Fsp3) is 0.0625. The van der Waals surface area contributed by atoms with Crippen molar-refractivity contribution in [2.75, 3.05) is 6.54 Å². The molecule has 1 heterocycles. The fourth-order valence-electron chi connectivity index (χ4n) is 1.44. The minimum Gasteiger partial charge on any atom is -0.465 e. The summed E-state index contributed by atoms with van der Waals surface area (Å²) in [7, 11) is 0. The number of halogens is 1. The van der Waals surface area contributed by atoms with Crippen LogP contribution in [0.3, 0.4) is 0 Å². The number of nitrogens with one attached hydrogen (secondary N) is 1. The van der Waals surface area contributed by atoms with Gasteiger partial charge >= 0.3 is 0 Å². The molecule has 0 bridgehead atoms. The molecule has 20 heavy (non-hydrogen) atoms. The molecule has 3 nitrogen and oxygen atoms in total. The third-order valence-electron chi connectivity index (χ3n) is 2.39. The van der Waals surface area contributed by atoms with Crippen LogP contribution in [-0.4, -0.2) is 12.5 Å². The van der Waals surface area contributed by atoms with Gasteiger partial charge in [-0.15, -0.1) is 0 Å². The molecule has 1 amide bonds. The molecule has 0 aliphatic carbocycles. The molecule has 1 N–H and O–H groups in total. The van der Waals surface area contributed by atoms with Crippen molar-refractivity contribution in [3.63, 3.8) is 0 Å². The predicted octanol–water partition coefficient (Wildman–Crippen LogP) is 3.11. The van der Waals surface area contributed by atoms with Gasteiger partial charge in [-0.25, -0.2) is 0 Å². The minimum atomic E-state index is -0.227. The number of hydrogen-bond acceptors (Lipinski definition) is 2. The summed E-state index contributed by atoms with van der Waals surface area (Å²) in [6.07, 6.45) is 4.54. The number of rotatable bonds is 3. The zero-order chi connectivity index (χ0) is 14.2. The largest absolute Gasteiger partial charge is 0.465 e. The van der Waals surface area contributed by atoms with Crippen LogP contribution < -0.4 is 5.32 Å². The van der Waals surface area contributed by atoms with Crippen LogP contribution in [-0.2, 0) is 4.79 Å². The summed E-state index contributed by atoms with van der Waals surface area (Å²) in [6.45, 7) is 0.256. The molecule has 0 radical (unpaired) electrons.